The van der Waals surface area contributed by atoms with Gasteiger partial charge >= 0.3 is 0 Å². The van der Waals surface area contributed by atoms with Crippen molar-refractivity contribution in [3.05, 3.63) is 65.2 Å². The molecule has 4 nitrogen and oxygen atoms in total. The van der Waals surface area contributed by atoms with Crippen LogP contribution in [0.15, 0.2) is 53.4 Å². The standard InChI is InChI=1S/C20H24N2O2S/c1-16-6-8-20(9-7-16)25(23,24)22-13-11-19(15-22)21-12-10-17-4-2-3-5-18(17)14-21/h2-9,19H,10-15H2,1H3. The fourth-order valence-electron chi connectivity index (χ4n) is 3.92. The Labute approximate surface area is 150 Å². The molecule has 4 rings (SSSR count). The number of fused-ring (bicyclic) bond motifs is 1. The van der Waals surface area contributed by atoms with E-state index in [0.717, 1.165) is 31.5 Å². The van der Waals surface area contributed by atoms with Crippen molar-refractivity contribution >= 4 is 10.0 Å². The molecule has 2 heterocycles. The van der Waals surface area contributed by atoms with Gasteiger partial charge in [-0.1, -0.05) is 42.0 Å². The van der Waals surface area contributed by atoms with Crippen LogP contribution in [0.3, 0.4) is 0 Å². The highest BCUT2D eigenvalue weighted by Gasteiger charge is 2.36. The molecular weight excluding hydrogens is 332 g/mol. The topological polar surface area (TPSA) is 40.6 Å². The van der Waals surface area contributed by atoms with E-state index in [0.29, 0.717) is 24.0 Å². The molecule has 1 fully saturated rings. The van der Waals surface area contributed by atoms with Crippen molar-refractivity contribution in [3.63, 3.8) is 0 Å². The summed E-state index contributed by atoms with van der Waals surface area (Å²) in [5.41, 5.74) is 3.89. The van der Waals surface area contributed by atoms with Crippen LogP contribution in [0, 0.1) is 6.92 Å². The molecule has 25 heavy (non-hydrogen) atoms. The molecule has 2 aliphatic heterocycles. The van der Waals surface area contributed by atoms with E-state index in [4.69, 9.17) is 0 Å². The monoisotopic (exact) mass is 356 g/mol. The first-order chi connectivity index (χ1) is 12.0. The second-order valence-corrected chi connectivity index (χ2v) is 9.05. The lowest BCUT2D eigenvalue weighted by Gasteiger charge is -2.33. The maximum atomic E-state index is 12.9. The van der Waals surface area contributed by atoms with E-state index in [1.807, 2.05) is 19.1 Å². The number of hydrogen-bond donors (Lipinski definition) is 0. The lowest BCUT2D eigenvalue weighted by molar-refractivity contribution is 0.185. The van der Waals surface area contributed by atoms with E-state index in [2.05, 4.69) is 29.2 Å². The highest BCUT2D eigenvalue weighted by atomic mass is 32.2. The summed E-state index contributed by atoms with van der Waals surface area (Å²) < 4.78 is 27.4. The second-order valence-electron chi connectivity index (χ2n) is 7.11. The Bertz CT molecular complexity index is 862. The first-order valence-electron chi connectivity index (χ1n) is 8.92. The normalized spacial score (nSPS) is 22.0. The van der Waals surface area contributed by atoms with Crippen LogP contribution in [0.5, 0.6) is 0 Å². The highest BCUT2D eigenvalue weighted by Crippen LogP contribution is 2.27. The lowest BCUT2D eigenvalue weighted by atomic mass is 9.98. The minimum atomic E-state index is -3.38. The van der Waals surface area contributed by atoms with Gasteiger partial charge in [-0.15, -0.1) is 0 Å². The molecule has 2 aliphatic rings. The summed E-state index contributed by atoms with van der Waals surface area (Å²) in [7, 11) is -3.38. The SMILES string of the molecule is Cc1ccc(S(=O)(=O)N2CCC(N3CCc4ccccc4C3)C2)cc1. The molecule has 0 radical (unpaired) electrons. The van der Waals surface area contributed by atoms with Gasteiger partial charge in [0.2, 0.25) is 10.0 Å². The lowest BCUT2D eigenvalue weighted by Crippen LogP contribution is -2.41. The first kappa shape index (κ1) is 16.8. The van der Waals surface area contributed by atoms with Crippen LogP contribution in [0.25, 0.3) is 0 Å². The van der Waals surface area contributed by atoms with Gasteiger partial charge in [0.15, 0.2) is 0 Å². The Morgan fingerprint density at radius 1 is 0.960 bits per heavy atom. The number of nitrogens with zero attached hydrogens (tertiary/aromatic N) is 2. The van der Waals surface area contributed by atoms with Gasteiger partial charge in [0.25, 0.3) is 0 Å². The van der Waals surface area contributed by atoms with Crippen molar-refractivity contribution in [1.82, 2.24) is 9.21 Å². The van der Waals surface area contributed by atoms with E-state index in [-0.39, 0.29) is 0 Å². The summed E-state index contributed by atoms with van der Waals surface area (Å²) >= 11 is 0. The minimum Gasteiger partial charge on any atom is -0.294 e. The molecule has 5 heteroatoms. The molecule has 1 unspecified atom stereocenters. The molecular formula is C20H24N2O2S. The number of sulfonamides is 1. The number of hydrogen-bond acceptors (Lipinski definition) is 3. The van der Waals surface area contributed by atoms with Crippen molar-refractivity contribution in [2.75, 3.05) is 19.6 Å². The Morgan fingerprint density at radius 3 is 2.44 bits per heavy atom. The average molecular weight is 356 g/mol. The van der Waals surface area contributed by atoms with Crippen LogP contribution in [0.4, 0.5) is 0 Å². The summed E-state index contributed by atoms with van der Waals surface area (Å²) in [5.74, 6) is 0. The third-order valence-corrected chi connectivity index (χ3v) is 7.34. The Morgan fingerprint density at radius 2 is 1.68 bits per heavy atom. The fourth-order valence-corrected chi connectivity index (χ4v) is 5.41. The van der Waals surface area contributed by atoms with E-state index in [1.165, 1.54) is 11.1 Å². The predicted octanol–water partition coefficient (Wildman–Crippen LogP) is 2.82. The quantitative estimate of drug-likeness (QED) is 0.849. The largest absolute Gasteiger partial charge is 0.294 e. The molecule has 0 N–H and O–H groups in total. The summed E-state index contributed by atoms with van der Waals surface area (Å²) in [6.45, 7) is 5.12. The zero-order valence-electron chi connectivity index (χ0n) is 14.6. The average Bonchev–Trinajstić information content (AvgIpc) is 3.13. The fraction of sp³-hybridized carbons (Fsp3) is 0.400. The smallest absolute Gasteiger partial charge is 0.243 e. The summed E-state index contributed by atoms with van der Waals surface area (Å²) in [6, 6.07) is 16.1. The first-order valence-corrected chi connectivity index (χ1v) is 10.4. The summed E-state index contributed by atoms with van der Waals surface area (Å²) in [6.07, 6.45) is 1.96. The number of rotatable bonds is 3. The third kappa shape index (κ3) is 3.24. The van der Waals surface area contributed by atoms with E-state index in [9.17, 15) is 8.42 Å². The Balaban J connectivity index is 1.47. The van der Waals surface area contributed by atoms with Crippen LogP contribution in [-0.2, 0) is 23.0 Å². The van der Waals surface area contributed by atoms with Gasteiger partial charge in [0.05, 0.1) is 4.90 Å². The zero-order chi connectivity index (χ0) is 17.4. The van der Waals surface area contributed by atoms with E-state index in [1.54, 1.807) is 16.4 Å². The molecule has 1 atom stereocenters. The summed E-state index contributed by atoms with van der Waals surface area (Å²) in [5, 5.41) is 0. The molecule has 0 saturated carbocycles. The number of aryl methyl sites for hydroxylation is 1. The van der Waals surface area contributed by atoms with Crippen molar-refractivity contribution in [2.45, 2.75) is 37.2 Å². The van der Waals surface area contributed by atoms with Gasteiger partial charge in [-0.05, 0) is 43.0 Å². The highest BCUT2D eigenvalue weighted by molar-refractivity contribution is 7.89. The van der Waals surface area contributed by atoms with Gasteiger partial charge in [0, 0.05) is 32.2 Å². The molecule has 0 aliphatic carbocycles. The van der Waals surface area contributed by atoms with Crippen LogP contribution in [0.2, 0.25) is 0 Å². The van der Waals surface area contributed by atoms with Crippen molar-refractivity contribution in [1.29, 1.82) is 0 Å². The predicted molar refractivity (Wildman–Crippen MR) is 98.9 cm³/mol. The van der Waals surface area contributed by atoms with Gasteiger partial charge in [0.1, 0.15) is 0 Å². The zero-order valence-corrected chi connectivity index (χ0v) is 15.4. The third-order valence-electron chi connectivity index (χ3n) is 5.46. The number of benzene rings is 2. The molecule has 0 aromatic heterocycles. The van der Waals surface area contributed by atoms with Crippen LogP contribution >= 0.6 is 0 Å². The van der Waals surface area contributed by atoms with Crippen molar-refractivity contribution in [3.8, 4) is 0 Å². The molecule has 0 amide bonds. The maximum absolute atomic E-state index is 12.9. The van der Waals surface area contributed by atoms with E-state index >= 15 is 0 Å². The summed E-state index contributed by atoms with van der Waals surface area (Å²) in [4.78, 5) is 2.86. The molecule has 1 saturated heterocycles. The molecule has 0 spiro atoms. The van der Waals surface area contributed by atoms with E-state index < -0.39 is 10.0 Å². The van der Waals surface area contributed by atoms with Gasteiger partial charge < -0.3 is 0 Å². The Kier molecular flexibility index (Phi) is 4.40. The van der Waals surface area contributed by atoms with Crippen LogP contribution in [0.1, 0.15) is 23.1 Å². The van der Waals surface area contributed by atoms with Gasteiger partial charge in [-0.2, -0.15) is 4.31 Å². The Hall–Kier alpha value is -1.69. The molecule has 132 valence electrons. The van der Waals surface area contributed by atoms with Crippen LogP contribution in [-0.4, -0.2) is 43.3 Å². The molecule has 2 aromatic rings. The molecule has 2 aromatic carbocycles. The van der Waals surface area contributed by atoms with Gasteiger partial charge in [-0.25, -0.2) is 8.42 Å². The van der Waals surface area contributed by atoms with Crippen LogP contribution < -0.4 is 0 Å². The van der Waals surface area contributed by atoms with Gasteiger partial charge in [-0.3, -0.25) is 4.90 Å². The minimum absolute atomic E-state index is 0.313. The second kappa shape index (κ2) is 6.56. The molecule has 0 bridgehead atoms. The maximum Gasteiger partial charge on any atom is 0.243 e. The van der Waals surface area contributed by atoms with Crippen molar-refractivity contribution in [2.24, 2.45) is 0 Å². The van der Waals surface area contributed by atoms with Crippen molar-refractivity contribution < 1.29 is 8.42 Å².